The molecule has 0 aliphatic carbocycles. The number of ketones is 1. The molecule has 13 nitrogen and oxygen atoms in total. The highest BCUT2D eigenvalue weighted by molar-refractivity contribution is 6.12. The highest BCUT2D eigenvalue weighted by atomic mass is 16.7. The van der Waals surface area contributed by atoms with Crippen molar-refractivity contribution >= 4 is 23.5 Å². The zero-order chi connectivity index (χ0) is 39.5. The maximum atomic E-state index is 13.7. The Labute approximate surface area is 320 Å². The molecule has 6 atom stereocenters. The summed E-state index contributed by atoms with van der Waals surface area (Å²) in [6.07, 6.45) is 21.1. The van der Waals surface area contributed by atoms with E-state index in [4.69, 9.17) is 21.0 Å². The number of hydroxylamine groups is 1. The summed E-state index contributed by atoms with van der Waals surface area (Å²) >= 11 is 0. The monoisotopic (exact) mass is 756 g/mol. The van der Waals surface area contributed by atoms with E-state index in [9.17, 15) is 29.4 Å². The molecule has 1 aliphatic rings. The molecule has 0 aromatic heterocycles. The van der Waals surface area contributed by atoms with Gasteiger partial charge in [-0.15, -0.1) is 0 Å². The number of nitrogens with zero attached hydrogens (tertiary/aromatic N) is 1. The molecule has 0 aromatic rings. The van der Waals surface area contributed by atoms with Crippen molar-refractivity contribution in [3.63, 3.8) is 0 Å². The molecule has 0 unspecified atom stereocenters. The molecule has 0 aromatic carbocycles. The summed E-state index contributed by atoms with van der Waals surface area (Å²) in [6.45, 7) is 6.51. The molecule has 8 N–H and O–H groups in total. The maximum absolute atomic E-state index is 13.7. The first-order valence-corrected chi connectivity index (χ1v) is 21.0. The summed E-state index contributed by atoms with van der Waals surface area (Å²) in [5, 5.41) is 23.3. The van der Waals surface area contributed by atoms with Gasteiger partial charge < -0.3 is 36.6 Å². The van der Waals surface area contributed by atoms with Gasteiger partial charge in [-0.05, 0) is 26.7 Å². The second-order valence-electron chi connectivity index (χ2n) is 15.3. The third-order valence-electron chi connectivity index (χ3n) is 10.3. The smallest absolute Gasteiger partial charge is 0.262 e. The Morgan fingerprint density at radius 1 is 0.830 bits per heavy atom. The van der Waals surface area contributed by atoms with Crippen LogP contribution >= 0.6 is 0 Å². The lowest BCUT2D eigenvalue weighted by atomic mass is 9.92. The van der Waals surface area contributed by atoms with E-state index in [1.165, 1.54) is 110 Å². The molecule has 0 saturated carbocycles. The van der Waals surface area contributed by atoms with Crippen molar-refractivity contribution in [2.24, 2.45) is 11.5 Å². The number of amides is 3. The summed E-state index contributed by atoms with van der Waals surface area (Å²) in [5.74, 6) is -2.35. The minimum absolute atomic E-state index is 0.0363. The zero-order valence-corrected chi connectivity index (χ0v) is 33.7. The molecule has 310 valence electrons. The Morgan fingerprint density at radius 2 is 1.30 bits per heavy atom. The van der Waals surface area contributed by atoms with Crippen LogP contribution in [0.5, 0.6) is 0 Å². The number of aliphatic hydroxyl groups is 2. The molecule has 3 amide bonds. The van der Waals surface area contributed by atoms with E-state index in [-0.39, 0.29) is 12.3 Å². The number of aliphatic hydroxyl groups excluding tert-OH is 2. The minimum Gasteiger partial charge on any atom is -0.394 e. The van der Waals surface area contributed by atoms with E-state index in [0.29, 0.717) is 13.0 Å². The molecular formula is C40H77N5O8. The average Bonchev–Trinajstić information content (AvgIpc) is 3.14. The van der Waals surface area contributed by atoms with Crippen LogP contribution in [-0.4, -0.2) is 94.4 Å². The van der Waals surface area contributed by atoms with Gasteiger partial charge in [0.15, 0.2) is 11.3 Å². The normalized spacial score (nSPS) is 20.4. The van der Waals surface area contributed by atoms with Crippen molar-refractivity contribution < 1.29 is 39.0 Å². The average molecular weight is 756 g/mol. The maximum Gasteiger partial charge on any atom is 0.262 e. The number of hydrogen-bond acceptors (Lipinski definition) is 10. The minimum atomic E-state index is -1.93. The van der Waals surface area contributed by atoms with Gasteiger partial charge in [0, 0.05) is 19.4 Å². The van der Waals surface area contributed by atoms with E-state index >= 15 is 0 Å². The lowest BCUT2D eigenvalue weighted by Gasteiger charge is -2.42. The fourth-order valence-corrected chi connectivity index (χ4v) is 6.77. The standard InChI is InChI=1S/C40H77N5O8/c1-5-7-9-11-13-15-16-17-19-21-23-25-27-45(35(48)26-24-22-20-18-14-12-10-8-6-2)36-28-32(37(49)33(30-46)52-36)53-44-34(47)29-43-39(51)40(4,42)38(50)31(3)41/h31-33,36-37,46,49H,5-30,41-42H2,1-4H3,(H,43,51)(H,44,47)/t31-,32-,33+,36+,37+,40+/m0/s1. The van der Waals surface area contributed by atoms with Crippen LogP contribution in [0.3, 0.4) is 0 Å². The topological polar surface area (TPSA) is 207 Å². The number of hydrogen-bond donors (Lipinski definition) is 6. The van der Waals surface area contributed by atoms with E-state index in [0.717, 1.165) is 38.5 Å². The third kappa shape index (κ3) is 20.4. The summed E-state index contributed by atoms with van der Waals surface area (Å²) in [7, 11) is 0. The molecule has 1 fully saturated rings. The Hall–Kier alpha value is -2.16. The number of ether oxygens (including phenoxy) is 1. The van der Waals surface area contributed by atoms with Gasteiger partial charge in [0.25, 0.3) is 5.91 Å². The van der Waals surface area contributed by atoms with Crippen molar-refractivity contribution in [3.8, 4) is 0 Å². The van der Waals surface area contributed by atoms with Gasteiger partial charge >= 0.3 is 0 Å². The second kappa shape index (κ2) is 29.2. The Bertz CT molecular complexity index is 1010. The number of carbonyl (C=O) groups excluding carboxylic acids is 4. The van der Waals surface area contributed by atoms with Crippen LogP contribution in [0.1, 0.15) is 175 Å². The van der Waals surface area contributed by atoms with Gasteiger partial charge in [-0.3, -0.25) is 24.0 Å². The highest BCUT2D eigenvalue weighted by Crippen LogP contribution is 2.26. The molecule has 1 aliphatic heterocycles. The number of unbranched alkanes of at least 4 members (excludes halogenated alkanes) is 19. The molecule has 1 heterocycles. The zero-order valence-electron chi connectivity index (χ0n) is 33.7. The molecule has 0 radical (unpaired) electrons. The number of nitrogens with two attached hydrogens (primary N) is 2. The van der Waals surface area contributed by atoms with Gasteiger partial charge in [-0.25, -0.2) is 5.48 Å². The second-order valence-corrected chi connectivity index (χ2v) is 15.3. The van der Waals surface area contributed by atoms with Gasteiger partial charge in [-0.2, -0.15) is 0 Å². The lowest BCUT2D eigenvalue weighted by Crippen LogP contribution is -2.62. The van der Waals surface area contributed by atoms with Gasteiger partial charge in [0.2, 0.25) is 11.8 Å². The van der Waals surface area contributed by atoms with Gasteiger partial charge in [0.05, 0.1) is 19.2 Å². The van der Waals surface area contributed by atoms with Crippen molar-refractivity contribution in [1.82, 2.24) is 15.7 Å². The lowest BCUT2D eigenvalue weighted by molar-refractivity contribution is -0.237. The van der Waals surface area contributed by atoms with E-state index < -0.39 is 66.9 Å². The van der Waals surface area contributed by atoms with Crippen molar-refractivity contribution in [2.45, 2.75) is 211 Å². The Kier molecular flexibility index (Phi) is 26.9. The number of Topliss-reactive ketones (excluding diaryl/α,β-unsaturated/α-hetero) is 1. The van der Waals surface area contributed by atoms with Crippen LogP contribution < -0.4 is 22.3 Å². The van der Waals surface area contributed by atoms with Crippen LogP contribution in [0.2, 0.25) is 0 Å². The first kappa shape index (κ1) is 48.9. The summed E-state index contributed by atoms with van der Waals surface area (Å²) in [4.78, 5) is 58.2. The summed E-state index contributed by atoms with van der Waals surface area (Å²) in [5.41, 5.74) is 11.7. The molecule has 1 saturated heterocycles. The Morgan fingerprint density at radius 3 is 1.77 bits per heavy atom. The van der Waals surface area contributed by atoms with Crippen LogP contribution in [0.25, 0.3) is 0 Å². The largest absolute Gasteiger partial charge is 0.394 e. The summed E-state index contributed by atoms with van der Waals surface area (Å²) < 4.78 is 6.07. The molecular weight excluding hydrogens is 678 g/mol. The molecule has 13 heteroatoms. The van der Waals surface area contributed by atoms with Crippen LogP contribution in [0.4, 0.5) is 0 Å². The van der Waals surface area contributed by atoms with Crippen molar-refractivity contribution in [1.29, 1.82) is 0 Å². The van der Waals surface area contributed by atoms with Crippen molar-refractivity contribution in [2.75, 3.05) is 19.7 Å². The van der Waals surface area contributed by atoms with Crippen LogP contribution in [0, 0.1) is 0 Å². The Balaban J connectivity index is 2.76. The number of nitrogens with one attached hydrogen (secondary N) is 2. The molecule has 0 spiro atoms. The van der Waals surface area contributed by atoms with Gasteiger partial charge in [-0.1, -0.05) is 136 Å². The van der Waals surface area contributed by atoms with Crippen LogP contribution in [0.15, 0.2) is 0 Å². The quantitative estimate of drug-likeness (QED) is 0.0305. The van der Waals surface area contributed by atoms with E-state index in [1.807, 2.05) is 0 Å². The first-order chi connectivity index (χ1) is 25.4. The van der Waals surface area contributed by atoms with Crippen LogP contribution in [-0.2, 0) is 28.8 Å². The van der Waals surface area contributed by atoms with E-state index in [2.05, 4.69) is 24.6 Å². The molecule has 1 rings (SSSR count). The highest BCUT2D eigenvalue weighted by Gasteiger charge is 2.42. The molecule has 0 bridgehead atoms. The predicted octanol–water partition coefficient (Wildman–Crippen LogP) is 5.07. The fraction of sp³-hybridized carbons (Fsp3) is 0.900. The fourth-order valence-electron chi connectivity index (χ4n) is 6.77. The first-order valence-electron chi connectivity index (χ1n) is 21.0. The number of rotatable bonds is 32. The number of carbonyl (C=O) groups is 4. The van der Waals surface area contributed by atoms with Crippen molar-refractivity contribution in [3.05, 3.63) is 0 Å². The summed E-state index contributed by atoms with van der Waals surface area (Å²) in [6, 6.07) is -0.966. The SMILES string of the molecule is CCCCCCCCCCCCCCN(C(=O)CCCCCCCCCCC)[C@H]1C[C@H](ONC(=O)CNC(=O)[C@](C)(N)C(=O)[C@H](C)N)[C@@H](O)[C@@H](CO)O1. The van der Waals surface area contributed by atoms with Gasteiger partial charge in [0.1, 0.15) is 24.5 Å². The van der Waals surface area contributed by atoms with E-state index in [1.54, 1.807) is 4.90 Å². The molecule has 53 heavy (non-hydrogen) atoms. The third-order valence-corrected chi connectivity index (χ3v) is 10.3. The predicted molar refractivity (Wildman–Crippen MR) is 208 cm³/mol.